The van der Waals surface area contributed by atoms with Gasteiger partial charge in [-0.05, 0) is 20.3 Å². The van der Waals surface area contributed by atoms with E-state index in [0.29, 0.717) is 12.4 Å². The van der Waals surface area contributed by atoms with Crippen molar-refractivity contribution in [1.82, 2.24) is 15.3 Å². The Hall–Kier alpha value is -1.03. The predicted molar refractivity (Wildman–Crippen MR) is 64.4 cm³/mol. The number of aryl methyl sites for hydroxylation is 1. The highest BCUT2D eigenvalue weighted by molar-refractivity contribution is 6.19. The maximum atomic E-state index is 11.6. The van der Waals surface area contributed by atoms with Gasteiger partial charge in [-0.2, -0.15) is 0 Å². The van der Waals surface area contributed by atoms with E-state index in [1.807, 2.05) is 13.8 Å². The number of carbonyl (C=O) groups is 1. The number of H-pyrrole nitrogens is 1. The van der Waals surface area contributed by atoms with Gasteiger partial charge < -0.3 is 10.3 Å². The minimum Gasteiger partial charge on any atom is -0.356 e. The van der Waals surface area contributed by atoms with E-state index in [0.717, 1.165) is 18.7 Å². The molecule has 0 radical (unpaired) electrons. The van der Waals surface area contributed by atoms with E-state index in [1.165, 1.54) is 0 Å². The van der Waals surface area contributed by atoms with Crippen molar-refractivity contribution in [3.8, 4) is 0 Å². The molecule has 0 atom stereocenters. The van der Waals surface area contributed by atoms with Gasteiger partial charge in [0.05, 0.1) is 5.41 Å². The Labute approximate surface area is 101 Å². The minimum absolute atomic E-state index is 0.00180. The third-order valence-corrected chi connectivity index (χ3v) is 3.05. The molecule has 90 valence electrons. The quantitative estimate of drug-likeness (QED) is 0.591. The maximum absolute atomic E-state index is 11.6. The van der Waals surface area contributed by atoms with Crippen LogP contribution < -0.4 is 5.32 Å². The molecule has 0 saturated carbocycles. The average Bonchev–Trinajstić information content (AvgIpc) is 2.76. The zero-order valence-electron chi connectivity index (χ0n) is 9.72. The standard InChI is InChI=1S/C11H18ClN3O/c1-11(2,8-12)10(16)15-5-3-4-9-13-6-7-14-9/h6-7H,3-5,8H2,1-2H3,(H,13,14)(H,15,16). The lowest BCUT2D eigenvalue weighted by molar-refractivity contribution is -0.128. The van der Waals surface area contributed by atoms with E-state index >= 15 is 0 Å². The van der Waals surface area contributed by atoms with Crippen LogP contribution in [0.1, 0.15) is 26.1 Å². The Morgan fingerprint density at radius 2 is 2.38 bits per heavy atom. The van der Waals surface area contributed by atoms with Crippen LogP contribution in [-0.2, 0) is 11.2 Å². The summed E-state index contributed by atoms with van der Waals surface area (Å²) in [5, 5.41) is 2.87. The smallest absolute Gasteiger partial charge is 0.226 e. The summed E-state index contributed by atoms with van der Waals surface area (Å²) in [5.41, 5.74) is -0.494. The first-order valence-electron chi connectivity index (χ1n) is 5.39. The van der Waals surface area contributed by atoms with Crippen molar-refractivity contribution in [2.45, 2.75) is 26.7 Å². The van der Waals surface area contributed by atoms with Crippen LogP contribution in [-0.4, -0.2) is 28.3 Å². The number of hydrogen-bond donors (Lipinski definition) is 2. The van der Waals surface area contributed by atoms with Crippen molar-refractivity contribution < 1.29 is 4.79 Å². The van der Waals surface area contributed by atoms with Gasteiger partial charge in [0.1, 0.15) is 5.82 Å². The molecule has 0 fully saturated rings. The van der Waals surface area contributed by atoms with Gasteiger partial charge in [0.15, 0.2) is 0 Å². The molecule has 1 aromatic heterocycles. The van der Waals surface area contributed by atoms with Gasteiger partial charge in [0.25, 0.3) is 0 Å². The molecule has 1 amide bonds. The second kappa shape index (κ2) is 5.89. The SMILES string of the molecule is CC(C)(CCl)C(=O)NCCCc1ncc[nH]1. The highest BCUT2D eigenvalue weighted by Crippen LogP contribution is 2.16. The molecule has 4 nitrogen and oxygen atoms in total. The second-order valence-electron chi connectivity index (χ2n) is 4.41. The van der Waals surface area contributed by atoms with Crippen molar-refractivity contribution >= 4 is 17.5 Å². The molecule has 0 aromatic carbocycles. The van der Waals surface area contributed by atoms with E-state index in [4.69, 9.17) is 11.6 Å². The number of aromatic amines is 1. The number of hydrogen-bond acceptors (Lipinski definition) is 2. The van der Waals surface area contributed by atoms with Crippen LogP contribution in [0, 0.1) is 5.41 Å². The molecule has 2 N–H and O–H groups in total. The van der Waals surface area contributed by atoms with Crippen molar-refractivity contribution in [2.24, 2.45) is 5.41 Å². The Kier molecular flexibility index (Phi) is 4.80. The van der Waals surface area contributed by atoms with Gasteiger partial charge in [0.2, 0.25) is 5.91 Å². The minimum atomic E-state index is -0.494. The average molecular weight is 244 g/mol. The molecule has 16 heavy (non-hydrogen) atoms. The fourth-order valence-corrected chi connectivity index (χ4v) is 1.31. The maximum Gasteiger partial charge on any atom is 0.226 e. The predicted octanol–water partition coefficient (Wildman–Crippen LogP) is 1.72. The van der Waals surface area contributed by atoms with Crippen LogP contribution >= 0.6 is 11.6 Å². The summed E-state index contributed by atoms with van der Waals surface area (Å²) in [6.45, 7) is 4.32. The Morgan fingerprint density at radius 1 is 1.62 bits per heavy atom. The summed E-state index contributed by atoms with van der Waals surface area (Å²) < 4.78 is 0. The monoisotopic (exact) mass is 243 g/mol. The second-order valence-corrected chi connectivity index (χ2v) is 4.68. The zero-order chi connectivity index (χ0) is 12.0. The summed E-state index contributed by atoms with van der Waals surface area (Å²) in [4.78, 5) is 18.8. The molecule has 0 saturated heterocycles. The Bertz CT molecular complexity index is 322. The topological polar surface area (TPSA) is 57.8 Å². The van der Waals surface area contributed by atoms with Gasteiger partial charge in [-0.15, -0.1) is 11.6 Å². The lowest BCUT2D eigenvalue weighted by Gasteiger charge is -2.20. The first-order chi connectivity index (χ1) is 7.56. The number of nitrogens with one attached hydrogen (secondary N) is 2. The largest absolute Gasteiger partial charge is 0.356 e. The van der Waals surface area contributed by atoms with Gasteiger partial charge in [-0.1, -0.05) is 0 Å². The lowest BCUT2D eigenvalue weighted by Crippen LogP contribution is -2.38. The molecular weight excluding hydrogens is 226 g/mol. The summed E-state index contributed by atoms with van der Waals surface area (Å²) >= 11 is 5.71. The number of carbonyl (C=O) groups excluding carboxylic acids is 1. The van der Waals surface area contributed by atoms with Crippen molar-refractivity contribution in [2.75, 3.05) is 12.4 Å². The fraction of sp³-hybridized carbons (Fsp3) is 0.636. The van der Waals surface area contributed by atoms with Crippen LogP contribution in [0.4, 0.5) is 0 Å². The number of aromatic nitrogens is 2. The number of imidazole rings is 1. The molecule has 1 rings (SSSR count). The zero-order valence-corrected chi connectivity index (χ0v) is 10.5. The van der Waals surface area contributed by atoms with Crippen LogP contribution in [0.25, 0.3) is 0 Å². The van der Waals surface area contributed by atoms with Crippen LogP contribution in [0.15, 0.2) is 12.4 Å². The Morgan fingerprint density at radius 3 is 2.94 bits per heavy atom. The summed E-state index contributed by atoms with van der Waals surface area (Å²) in [5.74, 6) is 1.28. The number of amides is 1. The number of halogens is 1. The summed E-state index contributed by atoms with van der Waals surface area (Å²) in [7, 11) is 0. The normalized spacial score (nSPS) is 11.4. The molecule has 1 heterocycles. The van der Waals surface area contributed by atoms with Gasteiger partial charge in [-0.25, -0.2) is 4.98 Å². The molecule has 0 aliphatic rings. The van der Waals surface area contributed by atoms with E-state index in [1.54, 1.807) is 12.4 Å². The van der Waals surface area contributed by atoms with Crippen LogP contribution in [0.5, 0.6) is 0 Å². The van der Waals surface area contributed by atoms with Gasteiger partial charge in [0, 0.05) is 31.2 Å². The Balaban J connectivity index is 2.18. The first kappa shape index (κ1) is 13.0. The van der Waals surface area contributed by atoms with Crippen molar-refractivity contribution in [1.29, 1.82) is 0 Å². The van der Waals surface area contributed by atoms with Gasteiger partial charge >= 0.3 is 0 Å². The first-order valence-corrected chi connectivity index (χ1v) is 5.92. The highest BCUT2D eigenvalue weighted by Gasteiger charge is 2.25. The molecule has 0 aliphatic heterocycles. The molecular formula is C11H18ClN3O. The van der Waals surface area contributed by atoms with Crippen LogP contribution in [0.3, 0.4) is 0 Å². The highest BCUT2D eigenvalue weighted by atomic mass is 35.5. The molecule has 1 aromatic rings. The van der Waals surface area contributed by atoms with E-state index in [2.05, 4.69) is 15.3 Å². The third-order valence-electron chi connectivity index (χ3n) is 2.38. The van der Waals surface area contributed by atoms with E-state index < -0.39 is 5.41 Å². The molecule has 5 heteroatoms. The fourth-order valence-electron chi connectivity index (χ4n) is 1.19. The molecule has 0 aliphatic carbocycles. The summed E-state index contributed by atoms with van der Waals surface area (Å²) in [6.07, 6.45) is 5.24. The summed E-state index contributed by atoms with van der Waals surface area (Å²) in [6, 6.07) is 0. The van der Waals surface area contributed by atoms with Crippen molar-refractivity contribution in [3.63, 3.8) is 0 Å². The van der Waals surface area contributed by atoms with Gasteiger partial charge in [-0.3, -0.25) is 4.79 Å². The third kappa shape index (κ3) is 3.85. The number of nitrogens with zero attached hydrogens (tertiary/aromatic N) is 1. The van der Waals surface area contributed by atoms with Crippen molar-refractivity contribution in [3.05, 3.63) is 18.2 Å². The lowest BCUT2D eigenvalue weighted by atomic mass is 9.95. The van der Waals surface area contributed by atoms with E-state index in [9.17, 15) is 4.79 Å². The number of alkyl halides is 1. The van der Waals surface area contributed by atoms with Crippen LogP contribution in [0.2, 0.25) is 0 Å². The molecule has 0 bridgehead atoms. The molecule has 0 spiro atoms. The number of rotatable bonds is 6. The van der Waals surface area contributed by atoms with E-state index in [-0.39, 0.29) is 5.91 Å². The molecule has 0 unspecified atom stereocenters.